The third-order valence-electron chi connectivity index (χ3n) is 3.19. The van der Waals surface area contributed by atoms with Crippen molar-refractivity contribution in [2.45, 2.75) is 12.8 Å². The van der Waals surface area contributed by atoms with Crippen LogP contribution in [-0.4, -0.2) is 22.2 Å². The van der Waals surface area contributed by atoms with Gasteiger partial charge in [-0.3, -0.25) is 9.59 Å². The fourth-order valence-electron chi connectivity index (χ4n) is 2.09. The molecule has 16 heavy (non-hydrogen) atoms. The average Bonchev–Trinajstić information content (AvgIpc) is 2.95. The molecule has 0 aliphatic heterocycles. The molecule has 0 radical (unpaired) electrons. The Kier molecular flexibility index (Phi) is 2.42. The first-order chi connectivity index (χ1) is 7.57. The molecule has 0 amide bonds. The second-order valence-corrected chi connectivity index (χ2v) is 4.17. The fourth-order valence-corrected chi connectivity index (χ4v) is 2.09. The van der Waals surface area contributed by atoms with Gasteiger partial charge in [0, 0.05) is 0 Å². The Labute approximate surface area is 92.5 Å². The van der Waals surface area contributed by atoms with E-state index in [2.05, 4.69) is 0 Å². The van der Waals surface area contributed by atoms with Crippen molar-refractivity contribution in [1.82, 2.24) is 0 Å². The van der Waals surface area contributed by atoms with Gasteiger partial charge < -0.3 is 10.2 Å². The van der Waals surface area contributed by atoms with Gasteiger partial charge in [-0.1, -0.05) is 30.3 Å². The van der Waals surface area contributed by atoms with E-state index >= 15 is 0 Å². The molecule has 1 aliphatic rings. The van der Waals surface area contributed by atoms with Gasteiger partial charge in [0.05, 0.1) is 0 Å². The van der Waals surface area contributed by atoms with E-state index in [-0.39, 0.29) is 12.3 Å². The topological polar surface area (TPSA) is 74.6 Å². The highest BCUT2D eigenvalue weighted by Gasteiger charge is 2.66. The molecule has 84 valence electrons. The lowest BCUT2D eigenvalue weighted by Crippen LogP contribution is -2.27. The molecule has 0 saturated heterocycles. The number of benzene rings is 1. The molecule has 2 N–H and O–H groups in total. The van der Waals surface area contributed by atoms with E-state index in [1.54, 1.807) is 0 Å². The Balaban J connectivity index is 2.11. The molecule has 1 aromatic carbocycles. The molecule has 1 aromatic rings. The normalized spacial score (nSPS) is 21.4. The molecule has 1 unspecified atom stereocenters. The fraction of sp³-hybridized carbons (Fsp3) is 0.333. The maximum atomic E-state index is 10.9. The van der Waals surface area contributed by atoms with Crippen molar-refractivity contribution in [3.63, 3.8) is 0 Å². The van der Waals surface area contributed by atoms with E-state index in [1.165, 1.54) is 0 Å². The molecule has 1 saturated carbocycles. The monoisotopic (exact) mass is 220 g/mol. The van der Waals surface area contributed by atoms with E-state index in [4.69, 9.17) is 10.2 Å². The number of carboxylic acids is 2. The Morgan fingerprint density at radius 1 is 1.19 bits per heavy atom. The van der Waals surface area contributed by atoms with Crippen LogP contribution in [0, 0.1) is 11.3 Å². The van der Waals surface area contributed by atoms with Crippen LogP contribution in [0.15, 0.2) is 30.3 Å². The highest BCUT2D eigenvalue weighted by atomic mass is 16.4. The minimum Gasteiger partial charge on any atom is -0.480 e. The van der Waals surface area contributed by atoms with Gasteiger partial charge in [-0.25, -0.2) is 0 Å². The van der Waals surface area contributed by atoms with Crippen LogP contribution < -0.4 is 0 Å². The van der Waals surface area contributed by atoms with Crippen molar-refractivity contribution < 1.29 is 19.8 Å². The van der Waals surface area contributed by atoms with Crippen molar-refractivity contribution in [1.29, 1.82) is 0 Å². The SMILES string of the molecule is O=C(O)C1(C(=O)O)CC1Cc1ccccc1. The molecule has 0 heterocycles. The third-order valence-corrected chi connectivity index (χ3v) is 3.19. The van der Waals surface area contributed by atoms with E-state index in [1.807, 2.05) is 30.3 Å². The second kappa shape index (κ2) is 3.63. The smallest absolute Gasteiger partial charge is 0.321 e. The molecule has 4 nitrogen and oxygen atoms in total. The largest absolute Gasteiger partial charge is 0.480 e. The van der Waals surface area contributed by atoms with Crippen LogP contribution in [0.2, 0.25) is 0 Å². The van der Waals surface area contributed by atoms with Crippen LogP contribution >= 0.6 is 0 Å². The summed E-state index contributed by atoms with van der Waals surface area (Å²) in [6, 6.07) is 9.36. The van der Waals surface area contributed by atoms with Gasteiger partial charge in [0.1, 0.15) is 0 Å². The second-order valence-electron chi connectivity index (χ2n) is 4.17. The lowest BCUT2D eigenvalue weighted by molar-refractivity contribution is -0.157. The van der Waals surface area contributed by atoms with Gasteiger partial charge in [0.15, 0.2) is 5.41 Å². The predicted molar refractivity (Wildman–Crippen MR) is 56.0 cm³/mol. The summed E-state index contributed by atoms with van der Waals surface area (Å²) in [5.41, 5.74) is -0.563. The van der Waals surface area contributed by atoms with Gasteiger partial charge in [-0.2, -0.15) is 0 Å². The molecular weight excluding hydrogens is 208 g/mol. The number of hydrogen-bond acceptors (Lipinski definition) is 2. The Hall–Kier alpha value is -1.84. The van der Waals surface area contributed by atoms with Gasteiger partial charge in [0.2, 0.25) is 0 Å². The zero-order chi connectivity index (χ0) is 11.8. The summed E-state index contributed by atoms with van der Waals surface area (Å²) in [5.74, 6) is -2.73. The molecular formula is C12H12O4. The molecule has 0 bridgehead atoms. The van der Waals surface area contributed by atoms with Crippen molar-refractivity contribution in [3.05, 3.63) is 35.9 Å². The summed E-state index contributed by atoms with van der Waals surface area (Å²) in [5, 5.41) is 17.9. The molecule has 4 heteroatoms. The van der Waals surface area contributed by atoms with E-state index in [0.29, 0.717) is 6.42 Å². The first kappa shape index (κ1) is 10.7. The van der Waals surface area contributed by atoms with Gasteiger partial charge >= 0.3 is 11.9 Å². The lowest BCUT2D eigenvalue weighted by atomic mass is 9.99. The number of aliphatic carboxylic acids is 2. The summed E-state index contributed by atoms with van der Waals surface area (Å²) in [6.45, 7) is 0. The zero-order valence-electron chi connectivity index (χ0n) is 8.59. The number of carboxylic acid groups (broad SMARTS) is 2. The van der Waals surface area contributed by atoms with Crippen LogP contribution in [0.3, 0.4) is 0 Å². The Bertz CT molecular complexity index is 410. The van der Waals surface area contributed by atoms with Crippen LogP contribution in [-0.2, 0) is 16.0 Å². The molecule has 1 aliphatic carbocycles. The molecule has 0 aromatic heterocycles. The Morgan fingerprint density at radius 2 is 1.75 bits per heavy atom. The third kappa shape index (κ3) is 1.56. The van der Waals surface area contributed by atoms with Crippen molar-refractivity contribution in [2.24, 2.45) is 11.3 Å². The molecule has 1 atom stereocenters. The first-order valence-electron chi connectivity index (χ1n) is 5.08. The van der Waals surface area contributed by atoms with E-state index in [9.17, 15) is 9.59 Å². The van der Waals surface area contributed by atoms with Crippen molar-refractivity contribution >= 4 is 11.9 Å². The number of hydrogen-bond donors (Lipinski definition) is 2. The quantitative estimate of drug-likeness (QED) is 0.752. The van der Waals surface area contributed by atoms with Crippen molar-refractivity contribution in [2.75, 3.05) is 0 Å². The summed E-state index contributed by atoms with van der Waals surface area (Å²) in [4.78, 5) is 21.9. The maximum absolute atomic E-state index is 10.9. The molecule has 2 rings (SSSR count). The standard InChI is InChI=1S/C12H12O4/c13-10(14)12(11(15)16)7-9(12)6-8-4-2-1-3-5-8/h1-5,9H,6-7H2,(H,13,14)(H,15,16). The molecule has 0 spiro atoms. The van der Waals surface area contributed by atoms with Crippen LogP contribution in [0.4, 0.5) is 0 Å². The van der Waals surface area contributed by atoms with E-state index < -0.39 is 17.4 Å². The minimum atomic E-state index is -1.55. The lowest BCUT2D eigenvalue weighted by Gasteiger charge is -2.06. The van der Waals surface area contributed by atoms with E-state index in [0.717, 1.165) is 5.56 Å². The zero-order valence-corrected chi connectivity index (χ0v) is 8.59. The minimum absolute atomic E-state index is 0.229. The maximum Gasteiger partial charge on any atom is 0.321 e. The number of rotatable bonds is 4. The predicted octanol–water partition coefficient (Wildman–Crippen LogP) is 1.40. The van der Waals surface area contributed by atoms with Gasteiger partial charge in [0.25, 0.3) is 0 Å². The molecule has 1 fully saturated rings. The Morgan fingerprint density at radius 3 is 2.19 bits per heavy atom. The highest BCUT2D eigenvalue weighted by Crippen LogP contribution is 2.54. The van der Waals surface area contributed by atoms with Crippen LogP contribution in [0.5, 0.6) is 0 Å². The summed E-state index contributed by atoms with van der Waals surface area (Å²) in [7, 11) is 0. The first-order valence-corrected chi connectivity index (χ1v) is 5.08. The summed E-state index contributed by atoms with van der Waals surface area (Å²) in [6.07, 6.45) is 0.742. The summed E-state index contributed by atoms with van der Waals surface area (Å²) >= 11 is 0. The van der Waals surface area contributed by atoms with Gasteiger partial charge in [-0.15, -0.1) is 0 Å². The van der Waals surface area contributed by atoms with Crippen molar-refractivity contribution in [3.8, 4) is 0 Å². The average molecular weight is 220 g/mol. The number of carbonyl (C=O) groups is 2. The van der Waals surface area contributed by atoms with Crippen LogP contribution in [0.1, 0.15) is 12.0 Å². The van der Waals surface area contributed by atoms with Crippen LogP contribution in [0.25, 0.3) is 0 Å². The summed E-state index contributed by atoms with van der Waals surface area (Å²) < 4.78 is 0. The highest BCUT2D eigenvalue weighted by molar-refractivity contribution is 6.02. The van der Waals surface area contributed by atoms with Gasteiger partial charge in [-0.05, 0) is 24.3 Å².